The highest BCUT2D eigenvalue weighted by molar-refractivity contribution is 7.97. The zero-order chi connectivity index (χ0) is 11.6. The SMILES string of the molecule is NCCCCCNSc1ccc(C=O)cc1. The first-order valence-electron chi connectivity index (χ1n) is 5.52. The average Bonchev–Trinajstić information content (AvgIpc) is 2.34. The number of hydrogen-bond acceptors (Lipinski definition) is 4. The highest BCUT2D eigenvalue weighted by atomic mass is 32.2. The summed E-state index contributed by atoms with van der Waals surface area (Å²) < 4.78 is 3.29. The number of unbranched alkanes of at least 4 members (excludes halogenated alkanes) is 2. The Morgan fingerprint density at radius 3 is 2.56 bits per heavy atom. The number of hydrogen-bond donors (Lipinski definition) is 2. The Bertz CT molecular complexity index is 300. The summed E-state index contributed by atoms with van der Waals surface area (Å²) in [6, 6.07) is 7.54. The summed E-state index contributed by atoms with van der Waals surface area (Å²) in [5, 5.41) is 0. The lowest BCUT2D eigenvalue weighted by Gasteiger charge is -2.03. The molecule has 0 aromatic heterocycles. The molecule has 4 heteroatoms. The fraction of sp³-hybridized carbons (Fsp3) is 0.417. The molecule has 0 unspecified atom stereocenters. The Hall–Kier alpha value is -0.840. The van der Waals surface area contributed by atoms with Crippen LogP contribution in [-0.4, -0.2) is 19.4 Å². The highest BCUT2D eigenvalue weighted by Gasteiger charge is 1.94. The topological polar surface area (TPSA) is 55.1 Å². The van der Waals surface area contributed by atoms with Gasteiger partial charge in [0.1, 0.15) is 6.29 Å². The van der Waals surface area contributed by atoms with Gasteiger partial charge in [0, 0.05) is 17.0 Å². The Morgan fingerprint density at radius 1 is 1.19 bits per heavy atom. The first-order chi connectivity index (χ1) is 7.86. The van der Waals surface area contributed by atoms with E-state index in [4.69, 9.17) is 5.73 Å². The number of rotatable bonds is 8. The van der Waals surface area contributed by atoms with Gasteiger partial charge in [-0.05, 0) is 43.5 Å². The van der Waals surface area contributed by atoms with Crippen LogP contribution >= 0.6 is 11.9 Å². The van der Waals surface area contributed by atoms with E-state index in [0.717, 1.165) is 37.1 Å². The number of nitrogens with two attached hydrogens (primary N) is 1. The standard InChI is InChI=1S/C12H18N2OS/c13-8-2-1-3-9-14-16-12-6-4-11(10-15)5-7-12/h4-7,10,14H,1-3,8-9,13H2. The predicted octanol–water partition coefficient (Wildman–Crippen LogP) is 2.22. The van der Waals surface area contributed by atoms with Crippen molar-refractivity contribution in [1.82, 2.24) is 4.72 Å². The smallest absolute Gasteiger partial charge is 0.150 e. The third-order valence-electron chi connectivity index (χ3n) is 2.19. The lowest BCUT2D eigenvalue weighted by Crippen LogP contribution is -2.06. The normalized spacial score (nSPS) is 10.3. The minimum atomic E-state index is 0.715. The molecular weight excluding hydrogens is 220 g/mol. The summed E-state index contributed by atoms with van der Waals surface area (Å²) in [5.41, 5.74) is 6.12. The molecule has 0 amide bonds. The van der Waals surface area contributed by atoms with E-state index in [9.17, 15) is 4.79 Å². The molecular formula is C12H18N2OS. The van der Waals surface area contributed by atoms with Crippen molar-refractivity contribution in [3.8, 4) is 0 Å². The first-order valence-corrected chi connectivity index (χ1v) is 6.33. The summed E-state index contributed by atoms with van der Waals surface area (Å²) in [4.78, 5) is 11.6. The molecule has 0 fully saturated rings. The number of carbonyl (C=O) groups excluding carboxylic acids is 1. The Kier molecular flexibility index (Phi) is 6.88. The molecule has 0 saturated carbocycles. The molecule has 0 bridgehead atoms. The molecule has 3 nitrogen and oxygen atoms in total. The minimum absolute atomic E-state index is 0.715. The summed E-state index contributed by atoms with van der Waals surface area (Å²) in [7, 11) is 0. The van der Waals surface area contributed by atoms with E-state index >= 15 is 0 Å². The molecule has 1 rings (SSSR count). The van der Waals surface area contributed by atoms with Gasteiger partial charge in [0.25, 0.3) is 0 Å². The molecule has 16 heavy (non-hydrogen) atoms. The van der Waals surface area contributed by atoms with Gasteiger partial charge < -0.3 is 5.73 Å². The van der Waals surface area contributed by atoms with Gasteiger partial charge in [0.15, 0.2) is 0 Å². The minimum Gasteiger partial charge on any atom is -0.330 e. The Labute approximate surface area is 101 Å². The number of carbonyl (C=O) groups is 1. The van der Waals surface area contributed by atoms with Crippen LogP contribution in [0.3, 0.4) is 0 Å². The number of nitrogens with one attached hydrogen (secondary N) is 1. The maximum absolute atomic E-state index is 10.4. The molecule has 88 valence electrons. The Morgan fingerprint density at radius 2 is 1.94 bits per heavy atom. The van der Waals surface area contributed by atoms with Gasteiger partial charge in [-0.2, -0.15) is 0 Å². The highest BCUT2D eigenvalue weighted by Crippen LogP contribution is 2.14. The van der Waals surface area contributed by atoms with Crippen molar-refractivity contribution in [3.05, 3.63) is 29.8 Å². The fourth-order valence-electron chi connectivity index (χ4n) is 1.27. The van der Waals surface area contributed by atoms with Crippen molar-refractivity contribution in [3.63, 3.8) is 0 Å². The van der Waals surface area contributed by atoms with Crippen LogP contribution in [-0.2, 0) is 0 Å². The van der Waals surface area contributed by atoms with Crippen molar-refractivity contribution in [2.45, 2.75) is 24.2 Å². The van der Waals surface area contributed by atoms with Crippen molar-refractivity contribution in [1.29, 1.82) is 0 Å². The van der Waals surface area contributed by atoms with E-state index in [0.29, 0.717) is 5.56 Å². The molecule has 0 spiro atoms. The third kappa shape index (κ3) is 5.30. The molecule has 0 heterocycles. The molecule has 0 saturated heterocycles. The lowest BCUT2D eigenvalue weighted by molar-refractivity contribution is 0.112. The molecule has 1 aromatic rings. The van der Waals surface area contributed by atoms with Crippen molar-refractivity contribution in [2.75, 3.05) is 13.1 Å². The maximum atomic E-state index is 10.4. The molecule has 0 aliphatic heterocycles. The molecule has 3 N–H and O–H groups in total. The van der Waals surface area contributed by atoms with Gasteiger partial charge in [-0.3, -0.25) is 9.52 Å². The van der Waals surface area contributed by atoms with Gasteiger partial charge in [-0.25, -0.2) is 0 Å². The predicted molar refractivity (Wildman–Crippen MR) is 68.6 cm³/mol. The number of aldehydes is 1. The first kappa shape index (κ1) is 13.2. The summed E-state index contributed by atoms with van der Waals surface area (Å²) in [6.45, 7) is 1.76. The van der Waals surface area contributed by atoms with E-state index in [2.05, 4.69) is 4.72 Å². The zero-order valence-electron chi connectivity index (χ0n) is 9.32. The van der Waals surface area contributed by atoms with E-state index in [-0.39, 0.29) is 0 Å². The van der Waals surface area contributed by atoms with Gasteiger partial charge in [0.2, 0.25) is 0 Å². The van der Waals surface area contributed by atoms with Gasteiger partial charge in [-0.15, -0.1) is 0 Å². The van der Waals surface area contributed by atoms with E-state index in [1.807, 2.05) is 24.3 Å². The number of benzene rings is 1. The van der Waals surface area contributed by atoms with Gasteiger partial charge in [-0.1, -0.05) is 18.6 Å². The van der Waals surface area contributed by atoms with Crippen LogP contribution < -0.4 is 10.5 Å². The second kappa shape index (κ2) is 8.33. The molecule has 0 radical (unpaired) electrons. The zero-order valence-corrected chi connectivity index (χ0v) is 10.1. The fourth-order valence-corrected chi connectivity index (χ4v) is 1.95. The van der Waals surface area contributed by atoms with E-state index in [1.165, 1.54) is 6.42 Å². The van der Waals surface area contributed by atoms with Crippen molar-refractivity contribution < 1.29 is 4.79 Å². The van der Waals surface area contributed by atoms with Crippen molar-refractivity contribution >= 4 is 18.2 Å². The van der Waals surface area contributed by atoms with Crippen LogP contribution in [0.15, 0.2) is 29.2 Å². The third-order valence-corrected chi connectivity index (χ3v) is 3.05. The van der Waals surface area contributed by atoms with E-state index in [1.54, 1.807) is 11.9 Å². The van der Waals surface area contributed by atoms with Crippen LogP contribution in [0, 0.1) is 0 Å². The van der Waals surface area contributed by atoms with E-state index < -0.39 is 0 Å². The Balaban J connectivity index is 2.14. The largest absolute Gasteiger partial charge is 0.330 e. The summed E-state index contributed by atoms with van der Waals surface area (Å²) >= 11 is 1.60. The molecule has 0 atom stereocenters. The van der Waals surface area contributed by atoms with Crippen molar-refractivity contribution in [2.24, 2.45) is 5.73 Å². The molecule has 0 aliphatic rings. The van der Waals surface area contributed by atoms with Crippen LogP contribution in [0.5, 0.6) is 0 Å². The lowest BCUT2D eigenvalue weighted by atomic mass is 10.2. The average molecular weight is 238 g/mol. The second-order valence-corrected chi connectivity index (χ2v) is 4.50. The van der Waals surface area contributed by atoms with Gasteiger partial charge in [0.05, 0.1) is 0 Å². The second-order valence-electron chi connectivity index (χ2n) is 3.53. The van der Waals surface area contributed by atoms with Gasteiger partial charge >= 0.3 is 0 Å². The van der Waals surface area contributed by atoms with Crippen LogP contribution in [0.4, 0.5) is 0 Å². The molecule has 0 aliphatic carbocycles. The summed E-state index contributed by atoms with van der Waals surface area (Å²) in [6.07, 6.45) is 4.28. The quantitative estimate of drug-likeness (QED) is 0.414. The van der Waals surface area contributed by atoms with Crippen LogP contribution in [0.1, 0.15) is 29.6 Å². The molecule has 1 aromatic carbocycles. The summed E-state index contributed by atoms with van der Waals surface area (Å²) in [5.74, 6) is 0. The van der Waals surface area contributed by atoms with Crippen LogP contribution in [0.2, 0.25) is 0 Å². The maximum Gasteiger partial charge on any atom is 0.150 e. The van der Waals surface area contributed by atoms with Crippen LogP contribution in [0.25, 0.3) is 0 Å². The monoisotopic (exact) mass is 238 g/mol.